The molecule has 0 radical (unpaired) electrons. The van der Waals surface area contributed by atoms with Gasteiger partial charge in [0.15, 0.2) is 0 Å². The summed E-state index contributed by atoms with van der Waals surface area (Å²) in [6.45, 7) is 1.75. The Kier molecular flexibility index (Phi) is 6.97. The first-order valence-corrected chi connectivity index (χ1v) is 9.70. The Labute approximate surface area is 166 Å². The Bertz CT molecular complexity index is 833. The van der Waals surface area contributed by atoms with Gasteiger partial charge in [-0.2, -0.15) is 26.3 Å². The standard InChI is InChI=1S/C18H15F6NOS2/c1-3-27-15-10-11(17(19,20)21)4-9-14(15)16(26)25(2)12-5-7-13(8-6-12)28-18(22,23)24/h4-10H,3H2,1-2H3. The van der Waals surface area contributed by atoms with Crippen LogP contribution in [0.25, 0.3) is 0 Å². The lowest BCUT2D eigenvalue weighted by Crippen LogP contribution is -2.27. The molecule has 0 N–H and O–H groups in total. The molecular formula is C18H15F6NOS2. The predicted octanol–water partition coefficient (Wildman–Crippen LogP) is 6.71. The summed E-state index contributed by atoms with van der Waals surface area (Å²) in [4.78, 5) is 14.1. The smallest absolute Gasteiger partial charge is 0.311 e. The minimum absolute atomic E-state index is 0.0335. The first-order valence-electron chi connectivity index (χ1n) is 7.90. The molecule has 0 saturated heterocycles. The molecule has 152 valence electrons. The van der Waals surface area contributed by atoms with Gasteiger partial charge in [0.2, 0.25) is 0 Å². The van der Waals surface area contributed by atoms with Gasteiger partial charge in [0.25, 0.3) is 5.91 Å². The summed E-state index contributed by atoms with van der Waals surface area (Å²) in [5, 5.41) is 0. The number of hydrogen-bond donors (Lipinski definition) is 0. The number of carbonyl (C=O) groups is 1. The van der Waals surface area contributed by atoms with Crippen LogP contribution in [-0.2, 0) is 6.18 Å². The van der Waals surface area contributed by atoms with Crippen LogP contribution in [0.15, 0.2) is 52.3 Å². The Hall–Kier alpha value is -1.81. The van der Waals surface area contributed by atoms with Crippen molar-refractivity contribution in [3.8, 4) is 0 Å². The van der Waals surface area contributed by atoms with Crippen LogP contribution < -0.4 is 4.90 Å². The molecule has 1 amide bonds. The van der Waals surface area contributed by atoms with E-state index in [0.717, 1.165) is 30.0 Å². The molecule has 0 heterocycles. The first-order chi connectivity index (χ1) is 12.9. The highest BCUT2D eigenvalue weighted by molar-refractivity contribution is 8.00. The number of carbonyl (C=O) groups excluding carboxylic acids is 1. The summed E-state index contributed by atoms with van der Waals surface area (Å²) >= 11 is 0.832. The number of rotatable bonds is 5. The van der Waals surface area contributed by atoms with Crippen molar-refractivity contribution in [3.63, 3.8) is 0 Å². The molecule has 0 aliphatic heterocycles. The van der Waals surface area contributed by atoms with E-state index in [2.05, 4.69) is 0 Å². The number of amides is 1. The highest BCUT2D eigenvalue weighted by atomic mass is 32.2. The highest BCUT2D eigenvalue weighted by Crippen LogP contribution is 2.38. The third-order valence-corrected chi connectivity index (χ3v) is 5.28. The van der Waals surface area contributed by atoms with E-state index in [1.807, 2.05) is 0 Å². The van der Waals surface area contributed by atoms with Gasteiger partial charge in [-0.15, -0.1) is 11.8 Å². The van der Waals surface area contributed by atoms with E-state index in [4.69, 9.17) is 0 Å². The molecule has 0 bridgehead atoms. The van der Waals surface area contributed by atoms with Crippen LogP contribution in [0.1, 0.15) is 22.8 Å². The Morgan fingerprint density at radius 3 is 2.11 bits per heavy atom. The van der Waals surface area contributed by atoms with Crippen molar-refractivity contribution in [2.24, 2.45) is 0 Å². The van der Waals surface area contributed by atoms with Crippen LogP contribution in [0.3, 0.4) is 0 Å². The largest absolute Gasteiger partial charge is 0.446 e. The number of hydrogen-bond acceptors (Lipinski definition) is 3. The second-order valence-corrected chi connectivity index (χ2v) is 7.99. The van der Waals surface area contributed by atoms with Crippen molar-refractivity contribution in [2.45, 2.75) is 28.4 Å². The number of anilines is 1. The summed E-state index contributed by atoms with van der Waals surface area (Å²) in [6, 6.07) is 8.04. The van der Waals surface area contributed by atoms with Crippen LogP contribution in [0, 0.1) is 0 Å². The average Bonchev–Trinajstić information content (AvgIpc) is 2.59. The van der Waals surface area contributed by atoms with E-state index >= 15 is 0 Å². The Morgan fingerprint density at radius 2 is 1.61 bits per heavy atom. The van der Waals surface area contributed by atoms with Crippen molar-refractivity contribution >= 4 is 35.1 Å². The molecule has 0 unspecified atom stereocenters. The van der Waals surface area contributed by atoms with Gasteiger partial charge in [0, 0.05) is 22.5 Å². The van der Waals surface area contributed by atoms with Crippen molar-refractivity contribution in [1.82, 2.24) is 0 Å². The average molecular weight is 439 g/mol. The van der Waals surface area contributed by atoms with Crippen molar-refractivity contribution in [1.29, 1.82) is 0 Å². The predicted molar refractivity (Wildman–Crippen MR) is 98.9 cm³/mol. The van der Waals surface area contributed by atoms with Crippen molar-refractivity contribution in [3.05, 3.63) is 53.6 Å². The van der Waals surface area contributed by atoms with Crippen molar-refractivity contribution in [2.75, 3.05) is 17.7 Å². The lowest BCUT2D eigenvalue weighted by atomic mass is 10.1. The lowest BCUT2D eigenvalue weighted by molar-refractivity contribution is -0.137. The van der Waals surface area contributed by atoms with Gasteiger partial charge in [-0.25, -0.2) is 0 Å². The molecule has 10 heteroatoms. The summed E-state index contributed by atoms with van der Waals surface area (Å²) in [6.07, 6.45) is -4.53. The molecule has 0 fully saturated rings. The third kappa shape index (κ3) is 5.84. The molecule has 28 heavy (non-hydrogen) atoms. The third-order valence-electron chi connectivity index (χ3n) is 3.60. The van der Waals surface area contributed by atoms with E-state index in [0.29, 0.717) is 11.4 Å². The number of alkyl halides is 6. The number of nitrogens with zero attached hydrogens (tertiary/aromatic N) is 1. The first kappa shape index (κ1) is 22.5. The van der Waals surface area contributed by atoms with E-state index < -0.39 is 23.2 Å². The van der Waals surface area contributed by atoms with Crippen LogP contribution in [-0.4, -0.2) is 24.2 Å². The van der Waals surface area contributed by atoms with Gasteiger partial charge in [-0.1, -0.05) is 6.92 Å². The Balaban J connectivity index is 2.29. The van der Waals surface area contributed by atoms with Crippen molar-refractivity contribution < 1.29 is 31.1 Å². The molecule has 0 atom stereocenters. The van der Waals surface area contributed by atoms with Crippen LogP contribution in [0.2, 0.25) is 0 Å². The fourth-order valence-electron chi connectivity index (χ4n) is 2.32. The van der Waals surface area contributed by atoms with Crippen LogP contribution in [0.5, 0.6) is 0 Å². The minimum Gasteiger partial charge on any atom is -0.311 e. The van der Waals surface area contributed by atoms with Crippen LogP contribution >= 0.6 is 23.5 Å². The van der Waals surface area contributed by atoms with Gasteiger partial charge in [0.1, 0.15) is 0 Å². The van der Waals surface area contributed by atoms with E-state index in [1.54, 1.807) is 6.92 Å². The Morgan fingerprint density at radius 1 is 1.00 bits per heavy atom. The maximum Gasteiger partial charge on any atom is 0.446 e. The fraction of sp³-hybridized carbons (Fsp3) is 0.278. The number of halogens is 6. The SMILES string of the molecule is CCSc1cc(C(F)(F)F)ccc1C(=O)N(C)c1ccc(SC(F)(F)F)cc1. The maximum absolute atomic E-state index is 12.9. The van der Waals surface area contributed by atoms with Gasteiger partial charge in [0.05, 0.1) is 11.1 Å². The zero-order chi connectivity index (χ0) is 21.1. The summed E-state index contributed by atoms with van der Waals surface area (Å²) in [5.41, 5.74) is -4.86. The molecule has 0 spiro atoms. The molecule has 2 nitrogen and oxygen atoms in total. The van der Waals surface area contributed by atoms with Crippen LogP contribution in [0.4, 0.5) is 32.0 Å². The zero-order valence-corrected chi connectivity index (χ0v) is 16.3. The van der Waals surface area contributed by atoms with Gasteiger partial charge < -0.3 is 4.90 Å². The fourth-order valence-corrected chi connectivity index (χ4v) is 3.69. The topological polar surface area (TPSA) is 20.3 Å². The summed E-state index contributed by atoms with van der Waals surface area (Å²) in [7, 11) is 1.41. The van der Waals surface area contributed by atoms with E-state index in [-0.39, 0.29) is 27.1 Å². The molecule has 2 aromatic rings. The lowest BCUT2D eigenvalue weighted by Gasteiger charge is -2.20. The summed E-state index contributed by atoms with van der Waals surface area (Å²) < 4.78 is 76.0. The van der Waals surface area contributed by atoms with E-state index in [9.17, 15) is 31.1 Å². The molecule has 0 saturated carbocycles. The maximum atomic E-state index is 12.9. The van der Waals surface area contributed by atoms with Gasteiger partial charge in [-0.3, -0.25) is 4.79 Å². The normalized spacial score (nSPS) is 12.1. The molecule has 0 aromatic heterocycles. The minimum atomic E-state index is -4.53. The second kappa shape index (κ2) is 8.69. The zero-order valence-electron chi connectivity index (χ0n) is 14.7. The summed E-state index contributed by atoms with van der Waals surface area (Å²) in [5.74, 6) is -0.0878. The number of thioether (sulfide) groups is 2. The monoisotopic (exact) mass is 439 g/mol. The molecule has 2 aromatic carbocycles. The second-order valence-electron chi connectivity index (χ2n) is 5.55. The molecule has 0 aliphatic rings. The molecule has 2 rings (SSSR count). The number of benzene rings is 2. The highest BCUT2D eigenvalue weighted by Gasteiger charge is 2.32. The quantitative estimate of drug-likeness (QED) is 0.382. The molecule has 0 aliphatic carbocycles. The molecular weight excluding hydrogens is 424 g/mol. The van der Waals surface area contributed by atoms with E-state index in [1.165, 1.54) is 36.2 Å². The van der Waals surface area contributed by atoms with Gasteiger partial charge >= 0.3 is 11.7 Å². The van der Waals surface area contributed by atoms with Gasteiger partial charge in [-0.05, 0) is 60.0 Å².